The molecule has 2 N–H and O–H groups in total. The third kappa shape index (κ3) is 4.55. The van der Waals surface area contributed by atoms with Crippen molar-refractivity contribution in [3.05, 3.63) is 72.1 Å². The Bertz CT molecular complexity index is 843. The molecule has 1 atom stereocenters. The lowest BCUT2D eigenvalue weighted by molar-refractivity contribution is 0.0952. The Morgan fingerprint density at radius 1 is 1.19 bits per heavy atom. The molecule has 26 heavy (non-hydrogen) atoms. The first kappa shape index (κ1) is 17.8. The summed E-state index contributed by atoms with van der Waals surface area (Å²) in [5, 5.41) is 20.2. The standard InChI is InChI=1S/C20H22N4O2/c1-15(25)16-6-8-17(9-7-16)18-4-2-5-19(14-18)20(26)21-10-3-12-24-13-11-22-23-24/h2,4-9,11,13-15,25H,3,10,12H2,1H3,(H,21,26). The van der Waals surface area contributed by atoms with E-state index in [1.807, 2.05) is 42.5 Å². The molecule has 0 aliphatic rings. The third-order valence-corrected chi connectivity index (χ3v) is 4.17. The van der Waals surface area contributed by atoms with Crippen LogP contribution in [0.4, 0.5) is 0 Å². The fourth-order valence-electron chi connectivity index (χ4n) is 2.69. The number of carbonyl (C=O) groups is 1. The van der Waals surface area contributed by atoms with Crippen LogP contribution < -0.4 is 5.32 Å². The summed E-state index contributed by atoms with van der Waals surface area (Å²) in [6, 6.07) is 15.2. The first-order chi connectivity index (χ1) is 12.6. The number of amides is 1. The summed E-state index contributed by atoms with van der Waals surface area (Å²) in [6.45, 7) is 3.03. The highest BCUT2D eigenvalue weighted by molar-refractivity contribution is 5.95. The van der Waals surface area contributed by atoms with Crippen LogP contribution in [-0.4, -0.2) is 32.6 Å². The van der Waals surface area contributed by atoms with Gasteiger partial charge in [0.1, 0.15) is 0 Å². The summed E-state index contributed by atoms with van der Waals surface area (Å²) in [7, 11) is 0. The maximum atomic E-state index is 12.4. The number of aromatic nitrogens is 3. The normalized spacial score (nSPS) is 11.9. The monoisotopic (exact) mass is 350 g/mol. The largest absolute Gasteiger partial charge is 0.389 e. The number of benzene rings is 2. The van der Waals surface area contributed by atoms with Crippen molar-refractivity contribution in [2.75, 3.05) is 6.54 Å². The second-order valence-corrected chi connectivity index (χ2v) is 6.15. The van der Waals surface area contributed by atoms with Gasteiger partial charge in [-0.25, -0.2) is 0 Å². The second kappa shape index (κ2) is 8.40. The van der Waals surface area contributed by atoms with Crippen LogP contribution >= 0.6 is 0 Å². The van der Waals surface area contributed by atoms with Gasteiger partial charge in [0.15, 0.2) is 0 Å². The molecule has 6 nitrogen and oxygen atoms in total. The van der Waals surface area contributed by atoms with Gasteiger partial charge >= 0.3 is 0 Å². The summed E-state index contributed by atoms with van der Waals surface area (Å²) in [5.41, 5.74) is 3.48. The Hall–Kier alpha value is -2.99. The van der Waals surface area contributed by atoms with E-state index in [9.17, 15) is 9.90 Å². The second-order valence-electron chi connectivity index (χ2n) is 6.15. The maximum absolute atomic E-state index is 12.4. The van der Waals surface area contributed by atoms with Gasteiger partial charge in [0.2, 0.25) is 0 Å². The van der Waals surface area contributed by atoms with Crippen molar-refractivity contribution in [3.8, 4) is 11.1 Å². The lowest BCUT2D eigenvalue weighted by Gasteiger charge is -2.09. The molecule has 0 radical (unpaired) electrons. The Balaban J connectivity index is 1.60. The molecule has 3 aromatic rings. The number of hydrogen-bond donors (Lipinski definition) is 2. The van der Waals surface area contributed by atoms with Crippen LogP contribution in [-0.2, 0) is 6.54 Å². The van der Waals surface area contributed by atoms with Crippen molar-refractivity contribution >= 4 is 5.91 Å². The molecular formula is C20H22N4O2. The molecule has 6 heteroatoms. The van der Waals surface area contributed by atoms with Crippen LogP contribution in [0.15, 0.2) is 60.9 Å². The Morgan fingerprint density at radius 2 is 2.00 bits per heavy atom. The van der Waals surface area contributed by atoms with E-state index in [-0.39, 0.29) is 5.91 Å². The molecule has 134 valence electrons. The average Bonchev–Trinajstić information content (AvgIpc) is 3.19. The van der Waals surface area contributed by atoms with E-state index in [2.05, 4.69) is 15.6 Å². The number of rotatable bonds is 7. The van der Waals surface area contributed by atoms with Crippen molar-refractivity contribution < 1.29 is 9.90 Å². The molecule has 1 unspecified atom stereocenters. The smallest absolute Gasteiger partial charge is 0.251 e. The predicted molar refractivity (Wildman–Crippen MR) is 99.5 cm³/mol. The molecule has 2 aromatic carbocycles. The first-order valence-corrected chi connectivity index (χ1v) is 8.64. The predicted octanol–water partition coefficient (Wildman–Crippen LogP) is 2.82. The number of aliphatic hydroxyl groups excluding tert-OH is 1. The molecule has 1 aromatic heterocycles. The van der Waals surface area contributed by atoms with Crippen molar-refractivity contribution in [2.45, 2.75) is 26.0 Å². The zero-order valence-corrected chi connectivity index (χ0v) is 14.7. The third-order valence-electron chi connectivity index (χ3n) is 4.17. The van der Waals surface area contributed by atoms with E-state index in [1.54, 1.807) is 30.1 Å². The summed E-state index contributed by atoms with van der Waals surface area (Å²) >= 11 is 0. The number of nitrogens with zero attached hydrogens (tertiary/aromatic N) is 3. The molecule has 0 saturated heterocycles. The van der Waals surface area contributed by atoms with Crippen LogP contribution in [0.2, 0.25) is 0 Å². The summed E-state index contributed by atoms with van der Waals surface area (Å²) in [4.78, 5) is 12.4. The minimum atomic E-state index is -0.487. The van der Waals surface area contributed by atoms with Gasteiger partial charge in [0.25, 0.3) is 5.91 Å². The minimum Gasteiger partial charge on any atom is -0.389 e. The SMILES string of the molecule is CC(O)c1ccc(-c2cccc(C(=O)NCCCn3ccnn3)c2)cc1. The Kier molecular flexibility index (Phi) is 5.76. The number of hydrogen-bond acceptors (Lipinski definition) is 4. The topological polar surface area (TPSA) is 80.0 Å². The van der Waals surface area contributed by atoms with Crippen molar-refractivity contribution in [1.82, 2.24) is 20.3 Å². The molecule has 1 amide bonds. The van der Waals surface area contributed by atoms with Gasteiger partial charge in [-0.3, -0.25) is 9.48 Å². The van der Waals surface area contributed by atoms with Crippen molar-refractivity contribution in [3.63, 3.8) is 0 Å². The molecule has 0 spiro atoms. The first-order valence-electron chi connectivity index (χ1n) is 8.64. The molecule has 0 aliphatic carbocycles. The lowest BCUT2D eigenvalue weighted by Crippen LogP contribution is -2.25. The number of aliphatic hydroxyl groups is 1. The van der Waals surface area contributed by atoms with Gasteiger partial charge in [0.05, 0.1) is 12.3 Å². The molecular weight excluding hydrogens is 328 g/mol. The highest BCUT2D eigenvalue weighted by Gasteiger charge is 2.07. The molecule has 0 bridgehead atoms. The Labute approximate surface area is 152 Å². The van der Waals surface area contributed by atoms with Crippen LogP contribution in [0.1, 0.15) is 35.4 Å². The lowest BCUT2D eigenvalue weighted by atomic mass is 10.0. The molecule has 1 heterocycles. The van der Waals surface area contributed by atoms with Crippen LogP contribution in [0.5, 0.6) is 0 Å². The zero-order valence-electron chi connectivity index (χ0n) is 14.7. The fraction of sp³-hybridized carbons (Fsp3) is 0.250. The number of nitrogens with one attached hydrogen (secondary N) is 1. The van der Waals surface area contributed by atoms with Crippen LogP contribution in [0.25, 0.3) is 11.1 Å². The van der Waals surface area contributed by atoms with E-state index in [1.165, 1.54) is 0 Å². The highest BCUT2D eigenvalue weighted by atomic mass is 16.3. The number of aryl methyl sites for hydroxylation is 1. The van der Waals surface area contributed by atoms with E-state index in [4.69, 9.17) is 0 Å². The van der Waals surface area contributed by atoms with Gasteiger partial charge in [-0.05, 0) is 42.2 Å². The number of carbonyl (C=O) groups excluding carboxylic acids is 1. The van der Waals surface area contributed by atoms with Crippen LogP contribution in [0, 0.1) is 0 Å². The highest BCUT2D eigenvalue weighted by Crippen LogP contribution is 2.23. The Morgan fingerprint density at radius 3 is 2.69 bits per heavy atom. The van der Waals surface area contributed by atoms with Gasteiger partial charge in [0, 0.05) is 24.8 Å². The molecule has 3 rings (SSSR count). The summed E-state index contributed by atoms with van der Waals surface area (Å²) in [5.74, 6) is -0.0916. The minimum absolute atomic E-state index is 0.0916. The molecule has 0 fully saturated rings. The molecule has 0 aliphatic heterocycles. The quantitative estimate of drug-likeness (QED) is 0.642. The van der Waals surface area contributed by atoms with Crippen LogP contribution in [0.3, 0.4) is 0 Å². The fourth-order valence-corrected chi connectivity index (χ4v) is 2.69. The van der Waals surface area contributed by atoms with Gasteiger partial charge in [-0.2, -0.15) is 0 Å². The van der Waals surface area contributed by atoms with E-state index in [0.717, 1.165) is 29.7 Å². The van der Waals surface area contributed by atoms with Gasteiger partial charge in [-0.1, -0.05) is 41.6 Å². The van der Waals surface area contributed by atoms with Crippen molar-refractivity contribution in [2.24, 2.45) is 0 Å². The van der Waals surface area contributed by atoms with E-state index < -0.39 is 6.10 Å². The van der Waals surface area contributed by atoms with E-state index in [0.29, 0.717) is 12.1 Å². The van der Waals surface area contributed by atoms with E-state index >= 15 is 0 Å². The summed E-state index contributed by atoms with van der Waals surface area (Å²) < 4.78 is 1.74. The zero-order chi connectivity index (χ0) is 18.4. The molecule has 0 saturated carbocycles. The average molecular weight is 350 g/mol. The maximum Gasteiger partial charge on any atom is 0.251 e. The van der Waals surface area contributed by atoms with Crippen molar-refractivity contribution in [1.29, 1.82) is 0 Å². The summed E-state index contributed by atoms with van der Waals surface area (Å²) in [6.07, 6.45) is 3.74. The van der Waals surface area contributed by atoms with Gasteiger partial charge in [-0.15, -0.1) is 5.10 Å². The van der Waals surface area contributed by atoms with Gasteiger partial charge < -0.3 is 10.4 Å².